The fraction of sp³-hybridized carbons (Fsp3) is 0.400. The van der Waals surface area contributed by atoms with Crippen LogP contribution >= 0.6 is 0 Å². The van der Waals surface area contributed by atoms with Gasteiger partial charge in [0.1, 0.15) is 11.8 Å². The Morgan fingerprint density at radius 2 is 2.50 bits per heavy atom. The van der Waals surface area contributed by atoms with Gasteiger partial charge in [-0.25, -0.2) is 9.97 Å². The highest BCUT2D eigenvalue weighted by atomic mass is 16.4. The molecule has 0 amide bonds. The smallest absolute Gasteiger partial charge is 0.303 e. The Morgan fingerprint density at radius 3 is 3.12 bits per heavy atom. The van der Waals surface area contributed by atoms with E-state index in [1.54, 1.807) is 0 Å². The van der Waals surface area contributed by atoms with Crippen molar-refractivity contribution in [2.45, 2.75) is 13.3 Å². The summed E-state index contributed by atoms with van der Waals surface area (Å²) in [7, 11) is 0. The SMILES string of the molecule is CC(CNc1nccc(C#N)n1)CC(=O)O. The summed E-state index contributed by atoms with van der Waals surface area (Å²) < 4.78 is 0. The molecule has 6 heteroatoms. The van der Waals surface area contributed by atoms with E-state index in [0.29, 0.717) is 12.5 Å². The third-order valence-electron chi connectivity index (χ3n) is 1.90. The molecule has 1 unspecified atom stereocenters. The van der Waals surface area contributed by atoms with E-state index >= 15 is 0 Å². The largest absolute Gasteiger partial charge is 0.481 e. The molecule has 0 aliphatic carbocycles. The molecule has 0 radical (unpaired) electrons. The molecular formula is C10H12N4O2. The van der Waals surface area contributed by atoms with Gasteiger partial charge in [0.15, 0.2) is 0 Å². The molecule has 1 aromatic heterocycles. The summed E-state index contributed by atoms with van der Waals surface area (Å²) >= 11 is 0. The molecule has 6 nitrogen and oxygen atoms in total. The number of nitriles is 1. The van der Waals surface area contributed by atoms with Crippen LogP contribution in [0.3, 0.4) is 0 Å². The summed E-state index contributed by atoms with van der Waals surface area (Å²) in [6.07, 6.45) is 1.57. The maximum atomic E-state index is 10.4. The molecule has 0 spiro atoms. The van der Waals surface area contributed by atoms with Gasteiger partial charge in [0.05, 0.1) is 0 Å². The third-order valence-corrected chi connectivity index (χ3v) is 1.90. The van der Waals surface area contributed by atoms with Gasteiger partial charge >= 0.3 is 5.97 Å². The number of carboxylic acids is 1. The van der Waals surface area contributed by atoms with Crippen molar-refractivity contribution in [3.05, 3.63) is 18.0 Å². The number of aliphatic carboxylic acids is 1. The summed E-state index contributed by atoms with van der Waals surface area (Å²) in [5.41, 5.74) is 0.281. The second-order valence-corrected chi connectivity index (χ2v) is 3.46. The second kappa shape index (κ2) is 5.66. The summed E-state index contributed by atoms with van der Waals surface area (Å²) in [5.74, 6) is -0.510. The first kappa shape index (κ1) is 11.9. The standard InChI is InChI=1S/C10H12N4O2/c1-7(4-9(15)16)6-13-10-12-3-2-8(5-11)14-10/h2-3,7H,4,6H2,1H3,(H,15,16)(H,12,13,14). The van der Waals surface area contributed by atoms with Gasteiger partial charge in [0.25, 0.3) is 0 Å². The van der Waals surface area contributed by atoms with Crippen LogP contribution in [0.15, 0.2) is 12.3 Å². The topological polar surface area (TPSA) is 98.9 Å². The molecule has 84 valence electrons. The number of anilines is 1. The average Bonchev–Trinajstić information content (AvgIpc) is 2.26. The maximum Gasteiger partial charge on any atom is 0.303 e. The predicted molar refractivity (Wildman–Crippen MR) is 56.7 cm³/mol. The van der Waals surface area contributed by atoms with Crippen molar-refractivity contribution in [2.75, 3.05) is 11.9 Å². The van der Waals surface area contributed by atoms with Crippen LogP contribution in [0.4, 0.5) is 5.95 Å². The van der Waals surface area contributed by atoms with E-state index in [4.69, 9.17) is 10.4 Å². The normalized spacial score (nSPS) is 11.5. The summed E-state index contributed by atoms with van der Waals surface area (Å²) in [6.45, 7) is 2.27. The van der Waals surface area contributed by atoms with E-state index in [1.165, 1.54) is 12.3 Å². The van der Waals surface area contributed by atoms with Crippen LogP contribution in [0, 0.1) is 17.2 Å². The molecule has 0 aromatic carbocycles. The van der Waals surface area contributed by atoms with Crippen molar-refractivity contribution >= 4 is 11.9 Å². The minimum atomic E-state index is -0.832. The number of nitrogens with zero attached hydrogens (tertiary/aromatic N) is 3. The molecule has 1 aromatic rings. The number of nitrogens with one attached hydrogen (secondary N) is 1. The minimum absolute atomic E-state index is 0.0214. The average molecular weight is 220 g/mol. The van der Waals surface area contributed by atoms with Crippen molar-refractivity contribution in [1.82, 2.24) is 9.97 Å². The number of rotatable bonds is 5. The summed E-state index contributed by atoms with van der Waals surface area (Å²) in [6, 6.07) is 3.41. The van der Waals surface area contributed by atoms with Crippen LogP contribution in [0.1, 0.15) is 19.0 Å². The maximum absolute atomic E-state index is 10.4. The highest BCUT2D eigenvalue weighted by Crippen LogP contribution is 2.04. The number of aromatic nitrogens is 2. The zero-order valence-corrected chi connectivity index (χ0v) is 8.84. The molecule has 2 N–H and O–H groups in total. The molecule has 0 aliphatic heterocycles. The van der Waals surface area contributed by atoms with Crippen LogP contribution in [0.5, 0.6) is 0 Å². The zero-order chi connectivity index (χ0) is 12.0. The van der Waals surface area contributed by atoms with Crippen molar-refractivity contribution in [3.63, 3.8) is 0 Å². The van der Waals surface area contributed by atoms with Gasteiger partial charge in [-0.05, 0) is 12.0 Å². The van der Waals surface area contributed by atoms with Gasteiger partial charge in [-0.2, -0.15) is 5.26 Å². The van der Waals surface area contributed by atoms with E-state index in [9.17, 15) is 4.79 Å². The van der Waals surface area contributed by atoms with Crippen LogP contribution in [0.2, 0.25) is 0 Å². The lowest BCUT2D eigenvalue weighted by Crippen LogP contribution is -2.16. The van der Waals surface area contributed by atoms with Crippen molar-refractivity contribution in [2.24, 2.45) is 5.92 Å². The first-order valence-corrected chi connectivity index (χ1v) is 4.80. The Kier molecular flexibility index (Phi) is 4.21. The molecule has 1 heterocycles. The van der Waals surface area contributed by atoms with E-state index in [1.807, 2.05) is 13.0 Å². The molecule has 0 saturated heterocycles. The summed E-state index contributed by atoms with van der Waals surface area (Å²) in [4.78, 5) is 18.2. The lowest BCUT2D eigenvalue weighted by molar-refractivity contribution is -0.137. The number of hydrogen-bond acceptors (Lipinski definition) is 5. The second-order valence-electron chi connectivity index (χ2n) is 3.46. The minimum Gasteiger partial charge on any atom is -0.481 e. The number of hydrogen-bond donors (Lipinski definition) is 2. The Labute approximate surface area is 93.0 Å². The summed E-state index contributed by atoms with van der Waals surface area (Å²) in [5, 5.41) is 20.1. The molecule has 0 saturated carbocycles. The fourth-order valence-electron chi connectivity index (χ4n) is 1.14. The van der Waals surface area contributed by atoms with E-state index in [2.05, 4.69) is 15.3 Å². The first-order valence-electron chi connectivity index (χ1n) is 4.80. The Bertz CT molecular complexity index is 414. The van der Waals surface area contributed by atoms with Crippen molar-refractivity contribution in [1.29, 1.82) is 5.26 Å². The monoisotopic (exact) mass is 220 g/mol. The molecule has 0 fully saturated rings. The Balaban J connectivity index is 2.48. The third kappa shape index (κ3) is 3.92. The lowest BCUT2D eigenvalue weighted by Gasteiger charge is -2.09. The Hall–Kier alpha value is -2.16. The lowest BCUT2D eigenvalue weighted by atomic mass is 10.1. The highest BCUT2D eigenvalue weighted by Gasteiger charge is 2.07. The van der Waals surface area contributed by atoms with Gasteiger partial charge in [-0.1, -0.05) is 6.92 Å². The molecule has 16 heavy (non-hydrogen) atoms. The highest BCUT2D eigenvalue weighted by molar-refractivity contribution is 5.67. The number of carboxylic acid groups (broad SMARTS) is 1. The number of carbonyl (C=O) groups is 1. The quantitative estimate of drug-likeness (QED) is 0.763. The van der Waals surface area contributed by atoms with Gasteiger partial charge < -0.3 is 10.4 Å². The zero-order valence-electron chi connectivity index (χ0n) is 8.84. The van der Waals surface area contributed by atoms with Crippen LogP contribution in [0.25, 0.3) is 0 Å². The van der Waals surface area contributed by atoms with Crippen molar-refractivity contribution in [3.8, 4) is 6.07 Å². The van der Waals surface area contributed by atoms with Crippen LogP contribution in [-0.4, -0.2) is 27.6 Å². The molecule has 0 bridgehead atoms. The molecular weight excluding hydrogens is 208 g/mol. The van der Waals surface area contributed by atoms with E-state index in [0.717, 1.165) is 0 Å². The molecule has 1 rings (SSSR count). The van der Waals surface area contributed by atoms with Gasteiger partial charge in [-0.3, -0.25) is 4.79 Å². The fourth-order valence-corrected chi connectivity index (χ4v) is 1.14. The molecule has 1 atom stereocenters. The van der Waals surface area contributed by atoms with Crippen molar-refractivity contribution < 1.29 is 9.90 Å². The van der Waals surface area contributed by atoms with Gasteiger partial charge in [0.2, 0.25) is 5.95 Å². The van der Waals surface area contributed by atoms with E-state index in [-0.39, 0.29) is 18.0 Å². The Morgan fingerprint density at radius 1 is 1.75 bits per heavy atom. The van der Waals surface area contributed by atoms with E-state index < -0.39 is 5.97 Å². The van der Waals surface area contributed by atoms with Gasteiger partial charge in [0, 0.05) is 19.2 Å². The predicted octanol–water partition coefficient (Wildman–Crippen LogP) is 0.871. The molecule has 0 aliphatic rings. The van der Waals surface area contributed by atoms with Crippen LogP contribution in [-0.2, 0) is 4.79 Å². The van der Waals surface area contributed by atoms with Crippen LogP contribution < -0.4 is 5.32 Å². The first-order chi connectivity index (χ1) is 7.61. The van der Waals surface area contributed by atoms with Gasteiger partial charge in [-0.15, -0.1) is 0 Å².